The summed E-state index contributed by atoms with van der Waals surface area (Å²) in [6, 6.07) is 17.9. The van der Waals surface area contributed by atoms with Gasteiger partial charge in [-0.1, -0.05) is 90.8 Å². The van der Waals surface area contributed by atoms with Gasteiger partial charge < -0.3 is 15.1 Å². The molecule has 49 heavy (non-hydrogen) atoms. The van der Waals surface area contributed by atoms with Gasteiger partial charge in [-0.3, -0.25) is 24.7 Å². The van der Waals surface area contributed by atoms with Gasteiger partial charge in [0.15, 0.2) is 0 Å². The van der Waals surface area contributed by atoms with Crippen LogP contribution in [0.5, 0.6) is 0 Å². The van der Waals surface area contributed by atoms with E-state index in [9.17, 15) is 24.5 Å². The van der Waals surface area contributed by atoms with E-state index < -0.39 is 17.7 Å². The van der Waals surface area contributed by atoms with Gasteiger partial charge in [-0.05, 0) is 52.1 Å². The van der Waals surface area contributed by atoms with E-state index in [-0.39, 0.29) is 55.2 Å². The highest BCUT2D eigenvalue weighted by molar-refractivity contribution is 6.42. The smallest absolute Gasteiger partial charge is 0.332 e. The Morgan fingerprint density at radius 1 is 1.10 bits per heavy atom. The van der Waals surface area contributed by atoms with Crippen LogP contribution in [0, 0.1) is 10.1 Å². The first-order chi connectivity index (χ1) is 23.5. The average Bonchev–Trinajstić information content (AvgIpc) is 3.41. The molecule has 1 N–H and O–H groups in total. The molecule has 1 aliphatic carbocycles. The number of urea groups is 1. The number of carbonyl (C=O) groups is 3. The van der Waals surface area contributed by atoms with E-state index in [1.165, 1.54) is 0 Å². The van der Waals surface area contributed by atoms with Crippen molar-refractivity contribution < 1.29 is 19.3 Å². The Morgan fingerprint density at radius 3 is 2.59 bits per heavy atom. The number of hydrogen-bond donors (Lipinski definition) is 1. The maximum atomic E-state index is 14.4. The van der Waals surface area contributed by atoms with Gasteiger partial charge in [-0.2, -0.15) is 5.01 Å². The molecule has 13 heteroatoms. The summed E-state index contributed by atoms with van der Waals surface area (Å²) >= 11 is 12.3. The molecule has 0 saturated carbocycles. The lowest BCUT2D eigenvalue weighted by atomic mass is 9.88. The second kappa shape index (κ2) is 14.2. The Hall–Kier alpha value is -4.45. The third-order valence-corrected chi connectivity index (χ3v) is 10.2. The van der Waals surface area contributed by atoms with Crippen molar-refractivity contribution in [2.45, 2.75) is 63.9 Å². The summed E-state index contributed by atoms with van der Waals surface area (Å²) in [6.45, 7) is 4.49. The van der Waals surface area contributed by atoms with E-state index in [0.717, 1.165) is 27.5 Å². The molecule has 1 unspecified atom stereocenters. The maximum Gasteiger partial charge on any atom is 0.332 e. The number of fused-ring (bicyclic) bond motifs is 2. The van der Waals surface area contributed by atoms with Gasteiger partial charge >= 0.3 is 6.03 Å². The van der Waals surface area contributed by atoms with Crippen LogP contribution in [0.1, 0.15) is 44.2 Å². The molecular weight excluding hydrogens is 667 g/mol. The van der Waals surface area contributed by atoms with Gasteiger partial charge in [0.2, 0.25) is 17.4 Å². The number of nitrogens with zero attached hydrogens (tertiary/aromatic N) is 5. The Kier molecular flexibility index (Phi) is 9.96. The summed E-state index contributed by atoms with van der Waals surface area (Å²) in [5.74, 6) is -0.468. The fourth-order valence-corrected chi connectivity index (χ4v) is 7.09. The van der Waals surface area contributed by atoms with Crippen molar-refractivity contribution in [3.63, 3.8) is 0 Å². The molecule has 0 aromatic heterocycles. The molecule has 3 aromatic rings. The van der Waals surface area contributed by atoms with Gasteiger partial charge in [0.25, 0.3) is 0 Å². The highest BCUT2D eigenvalue weighted by Crippen LogP contribution is 2.34. The van der Waals surface area contributed by atoms with Crippen LogP contribution in [0.2, 0.25) is 10.0 Å². The molecule has 11 nitrogen and oxygen atoms in total. The number of amides is 4. The number of allylic oxidation sites excluding steroid dienone is 1. The monoisotopic (exact) mass is 704 g/mol. The summed E-state index contributed by atoms with van der Waals surface area (Å²) in [5.41, 5.74) is 1.26. The zero-order valence-corrected chi connectivity index (χ0v) is 28.9. The van der Waals surface area contributed by atoms with Crippen molar-refractivity contribution in [3.8, 4) is 0 Å². The van der Waals surface area contributed by atoms with Crippen LogP contribution < -0.4 is 5.32 Å². The predicted molar refractivity (Wildman–Crippen MR) is 188 cm³/mol. The fourth-order valence-electron chi connectivity index (χ4n) is 6.77. The van der Waals surface area contributed by atoms with Crippen LogP contribution >= 0.6 is 23.2 Å². The van der Waals surface area contributed by atoms with Gasteiger partial charge in [-0.15, -0.1) is 0 Å². The zero-order chi connectivity index (χ0) is 34.9. The molecule has 3 aromatic carbocycles. The Labute approximate surface area is 294 Å². The number of carbonyl (C=O) groups excluding carboxylic acids is 3. The van der Waals surface area contributed by atoms with Crippen LogP contribution in [-0.4, -0.2) is 80.0 Å². The first kappa shape index (κ1) is 34.4. The molecule has 0 spiro atoms. The van der Waals surface area contributed by atoms with Crippen molar-refractivity contribution in [1.82, 2.24) is 25.1 Å². The largest absolute Gasteiger partial charge is 0.333 e. The average molecular weight is 706 g/mol. The molecule has 0 bridgehead atoms. The SMILES string of the molecule is CCCN(C(=O)NCc1ccc(Cl)c(Cl)c1)N1CC(=O)N2[C@@H](CC3=CCC(C)([N+](=O)[O-])C=C3)C(=O)N(Cc3cccc4ccccc34)C[C@@H]21. The summed E-state index contributed by atoms with van der Waals surface area (Å²) in [4.78, 5) is 56.6. The van der Waals surface area contributed by atoms with Crippen molar-refractivity contribution in [2.75, 3.05) is 19.6 Å². The van der Waals surface area contributed by atoms with E-state index in [2.05, 4.69) is 5.32 Å². The number of benzene rings is 3. The molecular formula is C36H38Cl2N6O5. The number of rotatable bonds is 10. The molecule has 3 aliphatic rings. The topological polar surface area (TPSA) is 119 Å². The van der Waals surface area contributed by atoms with Crippen LogP contribution in [0.4, 0.5) is 4.79 Å². The molecule has 2 heterocycles. The van der Waals surface area contributed by atoms with E-state index in [1.54, 1.807) is 63.2 Å². The zero-order valence-electron chi connectivity index (χ0n) is 27.4. The molecule has 3 atom stereocenters. The summed E-state index contributed by atoms with van der Waals surface area (Å²) in [5, 5.41) is 20.8. The number of halogens is 2. The Morgan fingerprint density at radius 2 is 1.88 bits per heavy atom. The third-order valence-electron chi connectivity index (χ3n) is 9.50. The molecule has 4 amide bonds. The minimum atomic E-state index is -1.23. The van der Waals surface area contributed by atoms with Crippen LogP contribution in [-0.2, 0) is 22.7 Å². The summed E-state index contributed by atoms with van der Waals surface area (Å²) in [6.07, 6.45) is 5.43. The molecule has 2 aliphatic heterocycles. The van der Waals surface area contributed by atoms with E-state index in [0.29, 0.717) is 29.6 Å². The molecule has 0 radical (unpaired) electrons. The second-order valence-electron chi connectivity index (χ2n) is 12.9. The normalized spacial score (nSPS) is 22.3. The number of nitro groups is 1. The van der Waals surface area contributed by atoms with Gasteiger partial charge in [0.05, 0.1) is 23.1 Å². The highest BCUT2D eigenvalue weighted by atomic mass is 35.5. The predicted octanol–water partition coefficient (Wildman–Crippen LogP) is 6.18. The van der Waals surface area contributed by atoms with Crippen molar-refractivity contribution >= 4 is 51.8 Å². The first-order valence-electron chi connectivity index (χ1n) is 16.3. The lowest BCUT2D eigenvalue weighted by Crippen LogP contribution is -2.65. The number of hydrogen-bond acceptors (Lipinski definition) is 6. The van der Waals surface area contributed by atoms with Gasteiger partial charge in [-0.25, -0.2) is 4.79 Å². The maximum absolute atomic E-state index is 14.4. The Balaban J connectivity index is 1.30. The van der Waals surface area contributed by atoms with E-state index in [4.69, 9.17) is 23.2 Å². The number of piperazine rings is 1. The highest BCUT2D eigenvalue weighted by Gasteiger charge is 2.52. The number of nitrogens with one attached hydrogen (secondary N) is 1. The van der Waals surface area contributed by atoms with Crippen LogP contribution in [0.25, 0.3) is 10.8 Å². The Bertz CT molecular complexity index is 1860. The third kappa shape index (κ3) is 7.01. The molecule has 256 valence electrons. The minimum absolute atomic E-state index is 0.0783. The number of hydrazine groups is 1. The summed E-state index contributed by atoms with van der Waals surface area (Å²) < 4.78 is 0. The minimum Gasteiger partial charge on any atom is -0.333 e. The van der Waals surface area contributed by atoms with Gasteiger partial charge in [0.1, 0.15) is 12.2 Å². The van der Waals surface area contributed by atoms with Crippen molar-refractivity contribution in [3.05, 3.63) is 116 Å². The van der Waals surface area contributed by atoms with E-state index >= 15 is 0 Å². The summed E-state index contributed by atoms with van der Waals surface area (Å²) in [7, 11) is 0. The standard InChI is InChI=1S/C36H38Cl2N6O5/c1-3-17-41(35(47)39-20-25-11-12-29(37)30(38)18-25)42-23-33(45)43-31(19-24-13-15-36(2,16-14-24)44(48)49)34(46)40(22-32(42)43)21-27-9-6-8-26-7-4-5-10-28(26)27/h4-15,18,31-32H,3,16-17,19-23H2,1-2H3,(H,39,47)/t31-,32+,36?/m0/s1. The second-order valence-corrected chi connectivity index (χ2v) is 13.7. The fraction of sp³-hybridized carbons (Fsp3) is 0.361. The lowest BCUT2D eigenvalue weighted by Gasteiger charge is -2.46. The van der Waals surface area contributed by atoms with Crippen molar-refractivity contribution in [2.24, 2.45) is 0 Å². The van der Waals surface area contributed by atoms with Crippen LogP contribution in [0.3, 0.4) is 0 Å². The lowest BCUT2D eigenvalue weighted by molar-refractivity contribution is -0.549. The van der Waals surface area contributed by atoms with Gasteiger partial charge in [0, 0.05) is 44.3 Å². The quantitative estimate of drug-likeness (QED) is 0.199. The first-order valence-corrected chi connectivity index (χ1v) is 17.1. The molecule has 6 rings (SSSR count). The molecule has 2 saturated heterocycles. The van der Waals surface area contributed by atoms with Crippen molar-refractivity contribution in [1.29, 1.82) is 0 Å². The molecule has 2 fully saturated rings. The van der Waals surface area contributed by atoms with Crippen LogP contribution in [0.15, 0.2) is 84.5 Å². The van der Waals surface area contributed by atoms with E-state index in [1.807, 2.05) is 49.4 Å².